The molecule has 2 N–H and O–H groups in total. The Kier molecular flexibility index (Phi) is 5.32. The van der Waals surface area contributed by atoms with Gasteiger partial charge < -0.3 is 10.4 Å². The number of carbonyl (C=O) groups is 1. The van der Waals surface area contributed by atoms with E-state index < -0.39 is 0 Å². The molecule has 0 radical (unpaired) electrons. The Balaban J connectivity index is 2.27. The first-order chi connectivity index (χ1) is 7.87. The van der Waals surface area contributed by atoms with Gasteiger partial charge in [0.05, 0.1) is 12.4 Å². The van der Waals surface area contributed by atoms with Crippen LogP contribution in [-0.4, -0.2) is 34.7 Å². The van der Waals surface area contributed by atoms with Gasteiger partial charge in [0.15, 0.2) is 0 Å². The van der Waals surface area contributed by atoms with E-state index in [-0.39, 0.29) is 22.7 Å². The molecule has 17 heavy (non-hydrogen) atoms. The van der Waals surface area contributed by atoms with Crippen LogP contribution in [0.4, 0.5) is 0 Å². The molecule has 1 rings (SSSR count). The van der Waals surface area contributed by atoms with Crippen molar-refractivity contribution in [3.05, 3.63) is 0 Å². The molecule has 0 heterocycles. The zero-order chi connectivity index (χ0) is 12.9. The molecule has 1 aliphatic rings. The summed E-state index contributed by atoms with van der Waals surface area (Å²) in [5, 5.41) is 12.4. The number of aliphatic hydroxyl groups excluding tert-OH is 1. The molecule has 0 atom stereocenters. The van der Waals surface area contributed by atoms with Crippen molar-refractivity contribution in [3.8, 4) is 0 Å². The van der Waals surface area contributed by atoms with Crippen LogP contribution in [0.5, 0.6) is 0 Å². The van der Waals surface area contributed by atoms with Crippen molar-refractivity contribution >= 4 is 17.7 Å². The minimum absolute atomic E-state index is 0.0396. The zero-order valence-corrected chi connectivity index (χ0v) is 12.0. The van der Waals surface area contributed by atoms with Crippen molar-refractivity contribution in [3.63, 3.8) is 0 Å². The van der Waals surface area contributed by atoms with Crippen LogP contribution >= 0.6 is 11.8 Å². The molecule has 1 fully saturated rings. The van der Waals surface area contributed by atoms with E-state index in [2.05, 4.69) is 26.1 Å². The molecule has 3 nitrogen and oxygen atoms in total. The van der Waals surface area contributed by atoms with E-state index in [1.165, 1.54) is 12.8 Å². The summed E-state index contributed by atoms with van der Waals surface area (Å²) in [7, 11) is 0. The van der Waals surface area contributed by atoms with E-state index in [0.717, 1.165) is 12.8 Å². The van der Waals surface area contributed by atoms with Gasteiger partial charge >= 0.3 is 0 Å². The third-order valence-electron chi connectivity index (χ3n) is 3.30. The smallest absolute Gasteiger partial charge is 0.230 e. The zero-order valence-electron chi connectivity index (χ0n) is 11.2. The van der Waals surface area contributed by atoms with Crippen LogP contribution in [0.3, 0.4) is 0 Å². The molecule has 0 spiro atoms. The largest absolute Gasteiger partial charge is 0.396 e. The Morgan fingerprint density at radius 3 is 2.41 bits per heavy atom. The first-order valence-electron chi connectivity index (χ1n) is 6.38. The van der Waals surface area contributed by atoms with Gasteiger partial charge in [-0.15, -0.1) is 11.8 Å². The minimum atomic E-state index is -0.0396. The molecule has 0 bridgehead atoms. The maximum Gasteiger partial charge on any atom is 0.230 e. The second kappa shape index (κ2) is 6.10. The highest BCUT2D eigenvalue weighted by Crippen LogP contribution is 2.36. The fraction of sp³-hybridized carbons (Fsp3) is 0.923. The van der Waals surface area contributed by atoms with Crippen molar-refractivity contribution in [1.29, 1.82) is 0 Å². The molecule has 0 aromatic carbocycles. The second-order valence-corrected chi connectivity index (χ2v) is 7.85. The number of rotatable bonds is 5. The molecule has 1 amide bonds. The monoisotopic (exact) mass is 259 g/mol. The Morgan fingerprint density at radius 1 is 1.35 bits per heavy atom. The molecule has 0 aromatic heterocycles. The number of thioether (sulfide) groups is 1. The first-order valence-corrected chi connectivity index (χ1v) is 7.37. The summed E-state index contributed by atoms with van der Waals surface area (Å²) in [5.74, 6) is 0.593. The molecular formula is C13H25NO2S. The highest BCUT2D eigenvalue weighted by Gasteiger charge is 2.33. The van der Waals surface area contributed by atoms with Gasteiger partial charge in [-0.3, -0.25) is 4.79 Å². The number of hydrogen-bond donors (Lipinski definition) is 2. The third kappa shape index (κ3) is 5.30. The highest BCUT2D eigenvalue weighted by molar-refractivity contribution is 8.01. The van der Waals surface area contributed by atoms with Gasteiger partial charge in [0.1, 0.15) is 0 Å². The van der Waals surface area contributed by atoms with E-state index in [1.807, 2.05) is 0 Å². The number of amides is 1. The minimum Gasteiger partial charge on any atom is -0.396 e. The quantitative estimate of drug-likeness (QED) is 0.795. The van der Waals surface area contributed by atoms with Crippen LogP contribution < -0.4 is 5.32 Å². The van der Waals surface area contributed by atoms with Crippen molar-refractivity contribution in [2.45, 2.75) is 51.2 Å². The lowest BCUT2D eigenvalue weighted by atomic mass is 9.87. The topological polar surface area (TPSA) is 49.3 Å². The van der Waals surface area contributed by atoms with Crippen LogP contribution in [0.2, 0.25) is 0 Å². The predicted octanol–water partition coefficient (Wildman–Crippen LogP) is 2.19. The summed E-state index contributed by atoms with van der Waals surface area (Å²) in [6.45, 7) is 7.15. The number of hydrogen-bond acceptors (Lipinski definition) is 3. The SMILES string of the molecule is CC(C)(C)SCC(=O)NCC1(CO)CCCC1. The maximum absolute atomic E-state index is 11.7. The van der Waals surface area contributed by atoms with Gasteiger partial charge in [-0.05, 0) is 12.8 Å². The number of aliphatic hydroxyl groups is 1. The standard InChI is InChI=1S/C13H25NO2S/c1-12(2,3)17-8-11(16)14-9-13(10-15)6-4-5-7-13/h15H,4-10H2,1-3H3,(H,14,16). The molecule has 1 aliphatic carbocycles. The van der Waals surface area contributed by atoms with Crippen LogP contribution in [0, 0.1) is 5.41 Å². The van der Waals surface area contributed by atoms with Crippen molar-refractivity contribution in [2.75, 3.05) is 18.9 Å². The van der Waals surface area contributed by atoms with Gasteiger partial charge in [0.25, 0.3) is 0 Å². The molecule has 0 aliphatic heterocycles. The third-order valence-corrected chi connectivity index (χ3v) is 4.57. The van der Waals surface area contributed by atoms with Crippen LogP contribution in [-0.2, 0) is 4.79 Å². The molecule has 100 valence electrons. The van der Waals surface area contributed by atoms with E-state index in [0.29, 0.717) is 12.3 Å². The predicted molar refractivity (Wildman–Crippen MR) is 73.2 cm³/mol. The Labute approximate surface area is 109 Å². The van der Waals surface area contributed by atoms with Crippen LogP contribution in [0.15, 0.2) is 0 Å². The summed E-state index contributed by atoms with van der Waals surface area (Å²) in [6, 6.07) is 0. The highest BCUT2D eigenvalue weighted by atomic mass is 32.2. The first kappa shape index (κ1) is 14.8. The average Bonchev–Trinajstić information content (AvgIpc) is 2.72. The van der Waals surface area contributed by atoms with Gasteiger partial charge in [-0.1, -0.05) is 33.6 Å². The van der Waals surface area contributed by atoms with E-state index in [4.69, 9.17) is 0 Å². The average molecular weight is 259 g/mol. The second-order valence-electron chi connectivity index (χ2n) is 6.04. The van der Waals surface area contributed by atoms with E-state index in [9.17, 15) is 9.90 Å². The van der Waals surface area contributed by atoms with Crippen molar-refractivity contribution < 1.29 is 9.90 Å². The lowest BCUT2D eigenvalue weighted by Crippen LogP contribution is -2.39. The van der Waals surface area contributed by atoms with E-state index >= 15 is 0 Å². The lowest BCUT2D eigenvalue weighted by Gasteiger charge is -2.27. The van der Waals surface area contributed by atoms with E-state index in [1.54, 1.807) is 11.8 Å². The molecule has 0 aromatic rings. The number of carbonyl (C=O) groups excluding carboxylic acids is 1. The Hall–Kier alpha value is -0.220. The molecule has 4 heteroatoms. The Morgan fingerprint density at radius 2 is 1.94 bits per heavy atom. The summed E-state index contributed by atoms with van der Waals surface area (Å²) in [4.78, 5) is 11.7. The van der Waals surface area contributed by atoms with Gasteiger partial charge in [0.2, 0.25) is 5.91 Å². The van der Waals surface area contributed by atoms with Crippen molar-refractivity contribution in [2.24, 2.45) is 5.41 Å². The lowest BCUT2D eigenvalue weighted by molar-refractivity contribution is -0.119. The maximum atomic E-state index is 11.7. The summed E-state index contributed by atoms with van der Waals surface area (Å²) < 4.78 is 0.124. The molecular weight excluding hydrogens is 234 g/mol. The summed E-state index contributed by atoms with van der Waals surface area (Å²) in [6.07, 6.45) is 4.42. The van der Waals surface area contributed by atoms with Gasteiger partial charge in [-0.25, -0.2) is 0 Å². The summed E-state index contributed by atoms with van der Waals surface area (Å²) >= 11 is 1.66. The number of nitrogens with one attached hydrogen (secondary N) is 1. The summed E-state index contributed by atoms with van der Waals surface area (Å²) in [5.41, 5.74) is -0.0396. The van der Waals surface area contributed by atoms with Gasteiger partial charge in [0, 0.05) is 16.7 Å². The van der Waals surface area contributed by atoms with Crippen LogP contribution in [0.25, 0.3) is 0 Å². The molecule has 0 saturated heterocycles. The normalized spacial score (nSPS) is 19.3. The Bertz CT molecular complexity index is 255. The van der Waals surface area contributed by atoms with Crippen molar-refractivity contribution in [1.82, 2.24) is 5.32 Å². The fourth-order valence-corrected chi connectivity index (χ4v) is 2.80. The van der Waals surface area contributed by atoms with Gasteiger partial charge in [-0.2, -0.15) is 0 Å². The van der Waals surface area contributed by atoms with Crippen LogP contribution in [0.1, 0.15) is 46.5 Å². The fourth-order valence-electron chi connectivity index (χ4n) is 2.13. The molecule has 1 saturated carbocycles. The molecule has 0 unspecified atom stereocenters.